The SMILES string of the molecule is CCC1NC(c2ccccc2)C(=O)N1CC1CC1C. The predicted molar refractivity (Wildman–Crippen MR) is 75.4 cm³/mol. The molecule has 4 atom stereocenters. The molecule has 1 aromatic carbocycles. The Labute approximate surface area is 115 Å². The third-order valence-electron chi connectivity index (χ3n) is 4.49. The summed E-state index contributed by atoms with van der Waals surface area (Å²) in [5.41, 5.74) is 1.08. The zero-order valence-corrected chi connectivity index (χ0v) is 11.7. The van der Waals surface area contributed by atoms with Gasteiger partial charge < -0.3 is 4.90 Å². The Morgan fingerprint density at radius 2 is 2.00 bits per heavy atom. The molecule has 0 radical (unpaired) electrons. The summed E-state index contributed by atoms with van der Waals surface area (Å²) in [5, 5.41) is 3.48. The van der Waals surface area contributed by atoms with Crippen molar-refractivity contribution < 1.29 is 4.79 Å². The minimum absolute atomic E-state index is 0.153. The lowest BCUT2D eigenvalue weighted by molar-refractivity contribution is -0.130. The Kier molecular flexibility index (Phi) is 3.31. The number of nitrogens with one attached hydrogen (secondary N) is 1. The molecule has 0 bridgehead atoms. The molecule has 4 unspecified atom stereocenters. The van der Waals surface area contributed by atoms with Gasteiger partial charge in [-0.05, 0) is 30.2 Å². The number of amides is 1. The van der Waals surface area contributed by atoms with E-state index in [-0.39, 0.29) is 18.1 Å². The van der Waals surface area contributed by atoms with E-state index in [2.05, 4.69) is 24.1 Å². The molecule has 3 rings (SSSR count). The van der Waals surface area contributed by atoms with Crippen LogP contribution in [-0.4, -0.2) is 23.5 Å². The van der Waals surface area contributed by atoms with Crippen molar-refractivity contribution in [1.29, 1.82) is 0 Å². The second-order valence-corrected chi connectivity index (χ2v) is 5.90. The Balaban J connectivity index is 1.76. The maximum atomic E-state index is 12.6. The molecule has 0 aromatic heterocycles. The molecule has 1 N–H and O–H groups in total. The van der Waals surface area contributed by atoms with Gasteiger partial charge in [-0.2, -0.15) is 0 Å². The first-order valence-corrected chi connectivity index (χ1v) is 7.32. The molecule has 3 nitrogen and oxygen atoms in total. The van der Waals surface area contributed by atoms with E-state index in [9.17, 15) is 4.79 Å². The largest absolute Gasteiger partial charge is 0.325 e. The normalized spacial score (nSPS) is 33.8. The summed E-state index contributed by atoms with van der Waals surface area (Å²) < 4.78 is 0. The molecule has 102 valence electrons. The summed E-state index contributed by atoms with van der Waals surface area (Å²) >= 11 is 0. The van der Waals surface area contributed by atoms with E-state index in [1.54, 1.807) is 0 Å². The minimum atomic E-state index is -0.153. The predicted octanol–water partition coefficient (Wildman–Crippen LogP) is 2.55. The van der Waals surface area contributed by atoms with Gasteiger partial charge in [-0.25, -0.2) is 0 Å². The van der Waals surface area contributed by atoms with Crippen LogP contribution in [0.15, 0.2) is 30.3 Å². The highest BCUT2D eigenvalue weighted by atomic mass is 16.2. The van der Waals surface area contributed by atoms with Gasteiger partial charge in [0.25, 0.3) is 0 Å². The van der Waals surface area contributed by atoms with Crippen LogP contribution >= 0.6 is 0 Å². The van der Waals surface area contributed by atoms with Gasteiger partial charge in [0.2, 0.25) is 5.91 Å². The summed E-state index contributed by atoms with van der Waals surface area (Å²) in [5.74, 6) is 1.76. The molecule has 0 spiro atoms. The summed E-state index contributed by atoms with van der Waals surface area (Å²) in [4.78, 5) is 14.7. The zero-order valence-electron chi connectivity index (χ0n) is 11.7. The van der Waals surface area contributed by atoms with E-state index in [1.165, 1.54) is 6.42 Å². The van der Waals surface area contributed by atoms with Crippen LogP contribution < -0.4 is 5.32 Å². The van der Waals surface area contributed by atoms with E-state index in [4.69, 9.17) is 0 Å². The van der Waals surface area contributed by atoms with Gasteiger partial charge in [0.05, 0.1) is 6.17 Å². The van der Waals surface area contributed by atoms with Crippen molar-refractivity contribution in [3.63, 3.8) is 0 Å². The number of nitrogens with zero attached hydrogens (tertiary/aromatic N) is 1. The maximum Gasteiger partial charge on any atom is 0.245 e. The lowest BCUT2D eigenvalue weighted by Gasteiger charge is -2.22. The first-order chi connectivity index (χ1) is 9.20. The Morgan fingerprint density at radius 3 is 2.58 bits per heavy atom. The third kappa shape index (κ3) is 2.39. The summed E-state index contributed by atoms with van der Waals surface area (Å²) in [6.07, 6.45) is 2.44. The Hall–Kier alpha value is -1.35. The fourth-order valence-electron chi connectivity index (χ4n) is 3.02. The molecule has 1 aromatic rings. The highest BCUT2D eigenvalue weighted by Gasteiger charge is 2.43. The molecule has 1 heterocycles. The summed E-state index contributed by atoms with van der Waals surface area (Å²) in [6.45, 7) is 5.34. The van der Waals surface area contributed by atoms with Crippen LogP contribution in [0.4, 0.5) is 0 Å². The van der Waals surface area contributed by atoms with Crippen LogP contribution in [-0.2, 0) is 4.79 Å². The maximum absolute atomic E-state index is 12.6. The van der Waals surface area contributed by atoms with E-state index in [1.807, 2.05) is 30.3 Å². The van der Waals surface area contributed by atoms with E-state index in [0.717, 1.165) is 24.4 Å². The highest BCUT2D eigenvalue weighted by molar-refractivity contribution is 5.85. The van der Waals surface area contributed by atoms with Gasteiger partial charge in [-0.15, -0.1) is 0 Å². The van der Waals surface area contributed by atoms with Crippen LogP contribution in [0.2, 0.25) is 0 Å². The van der Waals surface area contributed by atoms with E-state index in [0.29, 0.717) is 5.92 Å². The number of carbonyl (C=O) groups excluding carboxylic acids is 1. The summed E-state index contributed by atoms with van der Waals surface area (Å²) in [6, 6.07) is 9.90. The van der Waals surface area contributed by atoms with Crippen molar-refractivity contribution in [2.24, 2.45) is 11.8 Å². The second-order valence-electron chi connectivity index (χ2n) is 5.90. The van der Waals surface area contributed by atoms with Crippen molar-refractivity contribution in [2.45, 2.75) is 38.9 Å². The van der Waals surface area contributed by atoms with E-state index >= 15 is 0 Å². The molecular formula is C16H22N2O. The van der Waals surface area contributed by atoms with Crippen LogP contribution in [0.1, 0.15) is 38.3 Å². The first kappa shape index (κ1) is 12.7. The van der Waals surface area contributed by atoms with Crippen molar-refractivity contribution in [3.8, 4) is 0 Å². The lowest BCUT2D eigenvalue weighted by Crippen LogP contribution is -2.38. The smallest absolute Gasteiger partial charge is 0.245 e. The first-order valence-electron chi connectivity index (χ1n) is 7.32. The van der Waals surface area contributed by atoms with Gasteiger partial charge in [0, 0.05) is 6.54 Å². The second kappa shape index (κ2) is 4.97. The topological polar surface area (TPSA) is 32.3 Å². The number of carbonyl (C=O) groups is 1. The average molecular weight is 258 g/mol. The average Bonchev–Trinajstić information content (AvgIpc) is 3.04. The molecular weight excluding hydrogens is 236 g/mol. The Bertz CT molecular complexity index is 459. The van der Waals surface area contributed by atoms with Crippen molar-refractivity contribution in [1.82, 2.24) is 10.2 Å². The molecule has 19 heavy (non-hydrogen) atoms. The number of hydrogen-bond donors (Lipinski definition) is 1. The summed E-state index contributed by atoms with van der Waals surface area (Å²) in [7, 11) is 0. The number of hydrogen-bond acceptors (Lipinski definition) is 2. The fraction of sp³-hybridized carbons (Fsp3) is 0.562. The van der Waals surface area contributed by atoms with Gasteiger partial charge in [0.15, 0.2) is 0 Å². The monoisotopic (exact) mass is 258 g/mol. The van der Waals surface area contributed by atoms with Gasteiger partial charge in [-0.3, -0.25) is 10.1 Å². The van der Waals surface area contributed by atoms with E-state index < -0.39 is 0 Å². The van der Waals surface area contributed by atoms with Gasteiger partial charge in [0.1, 0.15) is 6.04 Å². The van der Waals surface area contributed by atoms with Gasteiger partial charge >= 0.3 is 0 Å². The van der Waals surface area contributed by atoms with Crippen molar-refractivity contribution in [3.05, 3.63) is 35.9 Å². The molecule has 1 saturated heterocycles. The molecule has 1 amide bonds. The standard InChI is InChI=1S/C16H22N2O/c1-3-14-17-15(12-7-5-4-6-8-12)16(19)18(14)10-13-9-11(13)2/h4-8,11,13-15,17H,3,9-10H2,1-2H3. The molecule has 2 fully saturated rings. The van der Waals surface area contributed by atoms with Crippen LogP contribution in [0.25, 0.3) is 0 Å². The third-order valence-corrected chi connectivity index (χ3v) is 4.49. The molecule has 1 aliphatic carbocycles. The van der Waals surface area contributed by atoms with Crippen molar-refractivity contribution in [2.75, 3.05) is 6.54 Å². The fourth-order valence-corrected chi connectivity index (χ4v) is 3.02. The van der Waals surface area contributed by atoms with Crippen LogP contribution in [0.3, 0.4) is 0 Å². The highest BCUT2D eigenvalue weighted by Crippen LogP contribution is 2.40. The van der Waals surface area contributed by atoms with Crippen LogP contribution in [0, 0.1) is 11.8 Å². The zero-order chi connectivity index (χ0) is 13.4. The van der Waals surface area contributed by atoms with Gasteiger partial charge in [-0.1, -0.05) is 44.2 Å². The Morgan fingerprint density at radius 1 is 1.32 bits per heavy atom. The number of benzene rings is 1. The quantitative estimate of drug-likeness (QED) is 0.900. The molecule has 3 heteroatoms. The molecule has 1 aliphatic heterocycles. The van der Waals surface area contributed by atoms with Crippen LogP contribution in [0.5, 0.6) is 0 Å². The lowest BCUT2D eigenvalue weighted by atomic mass is 10.1. The minimum Gasteiger partial charge on any atom is -0.325 e. The van der Waals surface area contributed by atoms with Crippen molar-refractivity contribution >= 4 is 5.91 Å². The number of rotatable bonds is 4. The molecule has 1 saturated carbocycles. The molecule has 2 aliphatic rings.